The summed E-state index contributed by atoms with van der Waals surface area (Å²) in [5, 5.41) is 14.2. The third-order valence-corrected chi connectivity index (χ3v) is 18.2. The summed E-state index contributed by atoms with van der Waals surface area (Å²) >= 11 is 0. The highest BCUT2D eigenvalue weighted by molar-refractivity contribution is 5.75. The van der Waals surface area contributed by atoms with Gasteiger partial charge in [-0.05, 0) is 184 Å². The Balaban J connectivity index is 1.07. The van der Waals surface area contributed by atoms with E-state index >= 15 is 0 Å². The zero-order valence-electron chi connectivity index (χ0n) is 32.4. The standard InChI is InChI=1S/C46H68FNO2/c1-29(2)33-16-24-46(48-27-19-34(30-8-9-30)31-10-11-31)26-25-43(6)36(39(33)46)12-13-38-42(5)20-17-35(41(3,4)37(42)18-21-44(38,43)7)32-14-22-45(28-47,23-15-32)40(49)50/h14,17,19,30-31,33,36-39,48H,1,8-13,15-16,18,20-28H2,2-7H3,(H,49,50). The van der Waals surface area contributed by atoms with Gasteiger partial charge in [0.1, 0.15) is 6.67 Å². The van der Waals surface area contributed by atoms with Gasteiger partial charge < -0.3 is 10.4 Å². The van der Waals surface area contributed by atoms with Gasteiger partial charge in [0.25, 0.3) is 0 Å². The number of hydrogen-bond donors (Lipinski definition) is 2. The third kappa shape index (κ3) is 5.05. The molecule has 0 spiro atoms. The number of hydrogen-bond acceptors (Lipinski definition) is 2. The Morgan fingerprint density at radius 2 is 1.60 bits per heavy atom. The van der Waals surface area contributed by atoms with Gasteiger partial charge in [-0.15, -0.1) is 0 Å². The summed E-state index contributed by atoms with van der Waals surface area (Å²) in [6.45, 7) is 20.4. The van der Waals surface area contributed by atoms with Crippen LogP contribution in [0.4, 0.5) is 4.39 Å². The molecule has 6 saturated carbocycles. The van der Waals surface area contributed by atoms with Gasteiger partial charge in [-0.1, -0.05) is 70.6 Å². The van der Waals surface area contributed by atoms with Crippen LogP contribution in [0.3, 0.4) is 0 Å². The van der Waals surface area contributed by atoms with Crippen molar-refractivity contribution < 1.29 is 14.3 Å². The van der Waals surface area contributed by atoms with Crippen LogP contribution >= 0.6 is 0 Å². The van der Waals surface area contributed by atoms with Crippen molar-refractivity contribution in [2.24, 2.45) is 68.5 Å². The largest absolute Gasteiger partial charge is 0.481 e. The zero-order valence-corrected chi connectivity index (χ0v) is 32.4. The summed E-state index contributed by atoms with van der Waals surface area (Å²) in [7, 11) is 0. The van der Waals surface area contributed by atoms with Crippen LogP contribution in [0.15, 0.2) is 47.1 Å². The molecule has 0 radical (unpaired) electrons. The zero-order chi connectivity index (χ0) is 35.5. The molecule has 50 heavy (non-hydrogen) atoms. The van der Waals surface area contributed by atoms with Gasteiger partial charge in [-0.3, -0.25) is 4.79 Å². The van der Waals surface area contributed by atoms with E-state index in [9.17, 15) is 14.3 Å². The minimum absolute atomic E-state index is 0.0201. The molecule has 0 aromatic carbocycles. The summed E-state index contributed by atoms with van der Waals surface area (Å²) in [4.78, 5) is 12.0. The second-order valence-electron chi connectivity index (χ2n) is 20.7. The molecule has 0 amide bonds. The summed E-state index contributed by atoms with van der Waals surface area (Å²) < 4.78 is 14.0. The minimum Gasteiger partial charge on any atom is -0.481 e. The summed E-state index contributed by atoms with van der Waals surface area (Å²) in [5.41, 5.74) is 5.89. The van der Waals surface area contributed by atoms with Crippen LogP contribution in [0, 0.1) is 68.5 Å². The number of aliphatic carboxylic acids is 1. The monoisotopic (exact) mass is 686 g/mol. The molecule has 2 N–H and O–H groups in total. The maximum Gasteiger partial charge on any atom is 0.312 e. The van der Waals surface area contributed by atoms with Gasteiger partial charge in [0.2, 0.25) is 0 Å². The van der Waals surface area contributed by atoms with E-state index in [1.54, 1.807) is 5.57 Å². The first-order chi connectivity index (χ1) is 23.7. The molecule has 6 fully saturated rings. The fourth-order valence-electron chi connectivity index (χ4n) is 15.0. The number of nitrogens with one attached hydrogen (secondary N) is 1. The fraction of sp³-hybridized carbons (Fsp3) is 0.804. The molecule has 10 atom stereocenters. The Labute approximate surface area is 303 Å². The van der Waals surface area contributed by atoms with Crippen molar-refractivity contribution in [2.45, 2.75) is 150 Å². The maximum atomic E-state index is 14.0. The van der Waals surface area contributed by atoms with Crippen LogP contribution in [-0.2, 0) is 4.79 Å². The fourth-order valence-corrected chi connectivity index (χ4v) is 15.0. The van der Waals surface area contributed by atoms with Crippen LogP contribution in [0.1, 0.15) is 144 Å². The van der Waals surface area contributed by atoms with Crippen molar-refractivity contribution in [1.29, 1.82) is 0 Å². The molecule has 3 nitrogen and oxygen atoms in total. The Morgan fingerprint density at radius 1 is 0.880 bits per heavy atom. The first-order valence-electron chi connectivity index (χ1n) is 21.0. The lowest BCUT2D eigenvalue weighted by molar-refractivity contribution is -0.221. The molecule has 0 aromatic rings. The molecule has 0 aromatic heterocycles. The average Bonchev–Trinajstić information content (AvgIpc) is 4.02. The smallest absolute Gasteiger partial charge is 0.312 e. The summed E-state index contributed by atoms with van der Waals surface area (Å²) in [5.74, 6) is 4.18. The molecule has 0 bridgehead atoms. The molecule has 0 aliphatic heterocycles. The summed E-state index contributed by atoms with van der Waals surface area (Å²) in [6.07, 6.45) is 26.1. The highest BCUT2D eigenvalue weighted by atomic mass is 19.1. The van der Waals surface area contributed by atoms with E-state index in [-0.39, 0.29) is 16.4 Å². The molecule has 8 aliphatic carbocycles. The van der Waals surface area contributed by atoms with Crippen LogP contribution in [0.5, 0.6) is 0 Å². The van der Waals surface area contributed by atoms with Gasteiger partial charge in [0.05, 0.1) is 5.41 Å². The van der Waals surface area contributed by atoms with E-state index < -0.39 is 18.1 Å². The number of halogens is 1. The quantitative estimate of drug-likeness (QED) is 0.238. The van der Waals surface area contributed by atoms with Crippen molar-refractivity contribution in [2.75, 3.05) is 13.2 Å². The second-order valence-corrected chi connectivity index (χ2v) is 20.7. The topological polar surface area (TPSA) is 49.3 Å². The van der Waals surface area contributed by atoms with Crippen LogP contribution in [0.2, 0.25) is 0 Å². The van der Waals surface area contributed by atoms with Crippen LogP contribution in [0.25, 0.3) is 0 Å². The molecule has 8 rings (SSSR count). The number of carboxylic acid groups (broad SMARTS) is 1. The van der Waals surface area contributed by atoms with Crippen molar-refractivity contribution in [1.82, 2.24) is 5.32 Å². The Bertz CT molecular complexity index is 1500. The van der Waals surface area contributed by atoms with E-state index in [0.29, 0.717) is 53.8 Å². The van der Waals surface area contributed by atoms with Gasteiger partial charge in [0.15, 0.2) is 0 Å². The van der Waals surface area contributed by atoms with Crippen LogP contribution in [-0.4, -0.2) is 29.8 Å². The van der Waals surface area contributed by atoms with E-state index in [4.69, 9.17) is 0 Å². The van der Waals surface area contributed by atoms with E-state index in [2.05, 4.69) is 71.7 Å². The number of rotatable bonds is 9. The molecule has 276 valence electrons. The minimum atomic E-state index is -1.24. The van der Waals surface area contributed by atoms with E-state index in [0.717, 1.165) is 30.7 Å². The number of fused-ring (bicyclic) bond motifs is 7. The van der Waals surface area contributed by atoms with Crippen molar-refractivity contribution in [3.05, 3.63) is 47.1 Å². The predicted octanol–water partition coefficient (Wildman–Crippen LogP) is 11.4. The number of alkyl halides is 1. The van der Waals surface area contributed by atoms with Gasteiger partial charge in [0, 0.05) is 12.1 Å². The number of carbonyl (C=O) groups is 1. The van der Waals surface area contributed by atoms with Gasteiger partial charge >= 0.3 is 5.97 Å². The highest BCUT2D eigenvalue weighted by Gasteiger charge is 2.70. The average molecular weight is 686 g/mol. The Morgan fingerprint density at radius 3 is 2.20 bits per heavy atom. The van der Waals surface area contributed by atoms with Gasteiger partial charge in [-0.25, -0.2) is 4.39 Å². The van der Waals surface area contributed by atoms with Crippen molar-refractivity contribution >= 4 is 5.97 Å². The lowest BCUT2D eigenvalue weighted by atomic mass is 9.33. The molecule has 4 heteroatoms. The molecule has 10 unspecified atom stereocenters. The van der Waals surface area contributed by atoms with Crippen molar-refractivity contribution in [3.8, 4) is 0 Å². The molecular weight excluding hydrogens is 618 g/mol. The van der Waals surface area contributed by atoms with Crippen molar-refractivity contribution in [3.63, 3.8) is 0 Å². The summed E-state index contributed by atoms with van der Waals surface area (Å²) in [6, 6.07) is 0. The Hall–Kier alpha value is -1.68. The molecule has 0 heterocycles. The molecule has 8 aliphatic rings. The SMILES string of the molecule is C=C(C)C1CCC2(NCC=C(C3CC3)C3CC3)CCC3(C)C(CCC4C5(C)CC=C(C6=CCC(CF)(C(=O)O)CC6)C(C)(C)C5CCC43C)C12. The molecular formula is C46H68FNO2. The third-order valence-electron chi connectivity index (χ3n) is 18.2. The van der Waals surface area contributed by atoms with Gasteiger partial charge in [-0.2, -0.15) is 0 Å². The predicted molar refractivity (Wildman–Crippen MR) is 202 cm³/mol. The first kappa shape index (κ1) is 35.4. The molecule has 0 saturated heterocycles. The van der Waals surface area contributed by atoms with Crippen LogP contribution < -0.4 is 5.32 Å². The normalized spacial score (nSPS) is 46.3. The first-order valence-corrected chi connectivity index (χ1v) is 21.0. The maximum absolute atomic E-state index is 14.0. The van der Waals surface area contributed by atoms with E-state index in [1.165, 1.54) is 93.8 Å². The Kier molecular flexibility index (Phi) is 8.42. The number of carboxylic acids is 1. The lowest BCUT2D eigenvalue weighted by Gasteiger charge is -2.72. The second kappa shape index (κ2) is 11.9. The highest BCUT2D eigenvalue weighted by Crippen LogP contribution is 2.76. The van der Waals surface area contributed by atoms with E-state index in [1.807, 2.05) is 0 Å². The lowest BCUT2D eigenvalue weighted by Crippen LogP contribution is -2.68. The number of allylic oxidation sites excluding steroid dienone is 6.